The zero-order chi connectivity index (χ0) is 12.8. The van der Waals surface area contributed by atoms with Gasteiger partial charge in [0.1, 0.15) is 0 Å². The van der Waals surface area contributed by atoms with Crippen LogP contribution in [-0.2, 0) is 4.79 Å². The van der Waals surface area contributed by atoms with E-state index in [0.29, 0.717) is 39.1 Å². The molecule has 98 valence electrons. The molecule has 3 N–H and O–H groups in total. The summed E-state index contributed by atoms with van der Waals surface area (Å²) >= 11 is 0. The van der Waals surface area contributed by atoms with Crippen LogP contribution in [0.1, 0.15) is 20.3 Å². The topological polar surface area (TPSA) is 78.7 Å². The third kappa shape index (κ3) is 4.22. The van der Waals surface area contributed by atoms with Crippen LogP contribution in [0.5, 0.6) is 0 Å². The number of carbonyl (C=O) groups is 2. The van der Waals surface area contributed by atoms with Crippen molar-refractivity contribution in [2.24, 2.45) is 5.73 Å². The number of hydrogen-bond donors (Lipinski definition) is 2. The van der Waals surface area contributed by atoms with E-state index in [1.165, 1.54) is 0 Å². The summed E-state index contributed by atoms with van der Waals surface area (Å²) in [5.41, 5.74) is 5.59. The first-order valence-electron chi connectivity index (χ1n) is 6.10. The quantitative estimate of drug-likeness (QED) is 0.706. The number of nitrogens with one attached hydrogen (secondary N) is 1. The van der Waals surface area contributed by atoms with E-state index in [-0.39, 0.29) is 18.0 Å². The zero-order valence-corrected chi connectivity index (χ0v) is 10.6. The highest BCUT2D eigenvalue weighted by Crippen LogP contribution is 2.05. The Labute approximate surface area is 102 Å². The number of nitrogens with zero attached hydrogens (tertiary/aromatic N) is 2. The molecular weight excluding hydrogens is 220 g/mol. The molecule has 1 rings (SSSR count). The molecule has 0 bridgehead atoms. The minimum Gasteiger partial charge on any atom is -0.339 e. The molecule has 1 atom stereocenters. The van der Waals surface area contributed by atoms with E-state index in [1.807, 2.05) is 13.8 Å². The second kappa shape index (κ2) is 6.44. The second-order valence-corrected chi connectivity index (χ2v) is 4.38. The number of urea groups is 1. The van der Waals surface area contributed by atoms with Crippen molar-refractivity contribution in [3.05, 3.63) is 0 Å². The largest absolute Gasteiger partial charge is 0.339 e. The van der Waals surface area contributed by atoms with Crippen LogP contribution in [0.3, 0.4) is 0 Å². The van der Waals surface area contributed by atoms with E-state index in [2.05, 4.69) is 5.32 Å². The molecule has 1 aliphatic heterocycles. The first-order valence-corrected chi connectivity index (χ1v) is 6.10. The number of amides is 3. The Hall–Kier alpha value is -1.30. The maximum absolute atomic E-state index is 11.7. The van der Waals surface area contributed by atoms with Gasteiger partial charge >= 0.3 is 6.03 Å². The molecule has 1 saturated heterocycles. The summed E-state index contributed by atoms with van der Waals surface area (Å²) in [7, 11) is 0. The Balaban J connectivity index is 2.35. The van der Waals surface area contributed by atoms with Gasteiger partial charge in [0.05, 0.1) is 0 Å². The summed E-state index contributed by atoms with van der Waals surface area (Å²) in [6, 6.07) is -0.157. The molecule has 0 radical (unpaired) electrons. The molecule has 0 aliphatic carbocycles. The maximum Gasteiger partial charge on any atom is 0.317 e. The number of nitrogens with two attached hydrogens (primary N) is 1. The third-order valence-corrected chi connectivity index (χ3v) is 2.74. The Bertz CT molecular complexity index is 273. The molecule has 0 aromatic carbocycles. The van der Waals surface area contributed by atoms with Crippen molar-refractivity contribution >= 4 is 11.9 Å². The van der Waals surface area contributed by atoms with E-state index in [0.717, 1.165) is 0 Å². The van der Waals surface area contributed by atoms with Crippen LogP contribution in [0.4, 0.5) is 4.79 Å². The average Bonchev–Trinajstić information content (AvgIpc) is 2.28. The fourth-order valence-electron chi connectivity index (χ4n) is 1.83. The van der Waals surface area contributed by atoms with E-state index >= 15 is 0 Å². The van der Waals surface area contributed by atoms with Crippen LogP contribution in [0, 0.1) is 0 Å². The first-order chi connectivity index (χ1) is 8.04. The standard InChI is InChI=1S/C11H22N4O2/c1-3-13-11(17)15-6-4-14(5-7-15)10(16)8-9(2)12/h9H,3-8,12H2,1-2H3,(H,13,17). The first kappa shape index (κ1) is 13.8. The van der Waals surface area contributed by atoms with Crippen LogP contribution in [-0.4, -0.2) is 60.5 Å². The van der Waals surface area contributed by atoms with Gasteiger partial charge in [-0.3, -0.25) is 4.79 Å². The van der Waals surface area contributed by atoms with Gasteiger partial charge in [0.15, 0.2) is 0 Å². The fraction of sp³-hybridized carbons (Fsp3) is 0.818. The minimum atomic E-state index is -0.107. The normalized spacial score (nSPS) is 17.8. The monoisotopic (exact) mass is 242 g/mol. The molecule has 1 aliphatic rings. The molecular formula is C11H22N4O2. The third-order valence-electron chi connectivity index (χ3n) is 2.74. The molecule has 3 amide bonds. The summed E-state index contributed by atoms with van der Waals surface area (Å²) in [4.78, 5) is 26.8. The molecule has 1 unspecified atom stereocenters. The molecule has 0 saturated carbocycles. The van der Waals surface area contributed by atoms with E-state index < -0.39 is 0 Å². The summed E-state index contributed by atoms with van der Waals surface area (Å²) in [6.07, 6.45) is 0.376. The Morgan fingerprint density at radius 1 is 1.24 bits per heavy atom. The molecule has 0 aromatic heterocycles. The van der Waals surface area contributed by atoms with Gasteiger partial charge in [0.2, 0.25) is 5.91 Å². The van der Waals surface area contributed by atoms with Gasteiger partial charge in [-0.05, 0) is 13.8 Å². The van der Waals surface area contributed by atoms with Gasteiger partial charge in [-0.1, -0.05) is 0 Å². The smallest absolute Gasteiger partial charge is 0.317 e. The predicted molar refractivity (Wildman–Crippen MR) is 65.5 cm³/mol. The number of carbonyl (C=O) groups excluding carboxylic acids is 2. The molecule has 17 heavy (non-hydrogen) atoms. The Kier molecular flexibility index (Phi) is 5.21. The fourth-order valence-corrected chi connectivity index (χ4v) is 1.83. The summed E-state index contributed by atoms with van der Waals surface area (Å²) in [6.45, 7) is 6.73. The van der Waals surface area contributed by atoms with Crippen molar-refractivity contribution in [1.29, 1.82) is 0 Å². The number of hydrogen-bond acceptors (Lipinski definition) is 3. The van der Waals surface area contributed by atoms with Crippen LogP contribution < -0.4 is 11.1 Å². The van der Waals surface area contributed by atoms with Crippen molar-refractivity contribution < 1.29 is 9.59 Å². The lowest BCUT2D eigenvalue weighted by atomic mass is 10.2. The molecule has 0 spiro atoms. The highest BCUT2D eigenvalue weighted by Gasteiger charge is 2.23. The number of piperazine rings is 1. The van der Waals surface area contributed by atoms with Gasteiger partial charge in [0.25, 0.3) is 0 Å². The van der Waals surface area contributed by atoms with Crippen molar-refractivity contribution in [1.82, 2.24) is 15.1 Å². The van der Waals surface area contributed by atoms with Crippen molar-refractivity contribution in [2.75, 3.05) is 32.7 Å². The maximum atomic E-state index is 11.7. The molecule has 1 fully saturated rings. The van der Waals surface area contributed by atoms with Crippen molar-refractivity contribution in [2.45, 2.75) is 26.3 Å². The van der Waals surface area contributed by atoms with Gasteiger partial charge in [-0.15, -0.1) is 0 Å². The summed E-state index contributed by atoms with van der Waals surface area (Å²) in [5, 5.41) is 2.76. The summed E-state index contributed by atoms with van der Waals surface area (Å²) in [5.74, 6) is 0.0792. The zero-order valence-electron chi connectivity index (χ0n) is 10.6. The predicted octanol–water partition coefficient (Wildman–Crippen LogP) is -0.403. The Morgan fingerprint density at radius 2 is 1.76 bits per heavy atom. The molecule has 6 heteroatoms. The van der Waals surface area contributed by atoms with Crippen LogP contribution in [0.25, 0.3) is 0 Å². The van der Waals surface area contributed by atoms with E-state index in [1.54, 1.807) is 9.80 Å². The lowest BCUT2D eigenvalue weighted by molar-refractivity contribution is -0.132. The van der Waals surface area contributed by atoms with E-state index in [9.17, 15) is 9.59 Å². The van der Waals surface area contributed by atoms with Crippen LogP contribution in [0.2, 0.25) is 0 Å². The van der Waals surface area contributed by atoms with E-state index in [4.69, 9.17) is 5.73 Å². The van der Waals surface area contributed by atoms with Crippen LogP contribution in [0.15, 0.2) is 0 Å². The van der Waals surface area contributed by atoms with Gasteiger partial charge in [-0.25, -0.2) is 4.79 Å². The lowest BCUT2D eigenvalue weighted by Gasteiger charge is -2.35. The minimum absolute atomic E-state index is 0.0493. The highest BCUT2D eigenvalue weighted by atomic mass is 16.2. The highest BCUT2D eigenvalue weighted by molar-refractivity contribution is 5.78. The number of rotatable bonds is 3. The Morgan fingerprint density at radius 3 is 2.24 bits per heavy atom. The van der Waals surface area contributed by atoms with Gasteiger partial charge < -0.3 is 20.9 Å². The van der Waals surface area contributed by atoms with Crippen molar-refractivity contribution in [3.63, 3.8) is 0 Å². The average molecular weight is 242 g/mol. The SMILES string of the molecule is CCNC(=O)N1CCN(C(=O)CC(C)N)CC1. The lowest BCUT2D eigenvalue weighted by Crippen LogP contribution is -2.53. The molecule has 1 heterocycles. The molecule has 6 nitrogen and oxygen atoms in total. The van der Waals surface area contributed by atoms with Crippen molar-refractivity contribution in [3.8, 4) is 0 Å². The molecule has 0 aromatic rings. The van der Waals surface area contributed by atoms with Gasteiger partial charge in [-0.2, -0.15) is 0 Å². The summed E-state index contributed by atoms with van der Waals surface area (Å²) < 4.78 is 0. The second-order valence-electron chi connectivity index (χ2n) is 4.38. The van der Waals surface area contributed by atoms with Gasteiger partial charge in [0, 0.05) is 45.2 Å². The van der Waals surface area contributed by atoms with Crippen LogP contribution >= 0.6 is 0 Å².